The molecule has 1 saturated carbocycles. The second-order valence-corrected chi connectivity index (χ2v) is 4.66. The van der Waals surface area contributed by atoms with Crippen molar-refractivity contribution in [1.29, 1.82) is 0 Å². The topological polar surface area (TPSA) is 85.5 Å². The Bertz CT molecular complexity index is 425. The Hall–Kier alpha value is -1.43. The van der Waals surface area contributed by atoms with E-state index in [1.807, 2.05) is 0 Å². The molecule has 2 fully saturated rings. The van der Waals surface area contributed by atoms with Gasteiger partial charge in [0.1, 0.15) is 0 Å². The number of hydrogen-bond donors (Lipinski definition) is 1. The maximum absolute atomic E-state index is 10.7. The molecule has 1 N–H and O–H groups in total. The quantitative estimate of drug-likeness (QED) is 0.850. The summed E-state index contributed by atoms with van der Waals surface area (Å²) in [5.41, 5.74) is 0. The van der Waals surface area contributed by atoms with E-state index in [0.717, 1.165) is 26.1 Å². The lowest BCUT2D eigenvalue weighted by atomic mass is 10.00. The van der Waals surface area contributed by atoms with Crippen molar-refractivity contribution in [3.63, 3.8) is 0 Å². The molecule has 2 unspecified atom stereocenters. The first-order chi connectivity index (χ1) is 8.25. The minimum Gasteiger partial charge on any atom is -0.481 e. The summed E-state index contributed by atoms with van der Waals surface area (Å²) in [5, 5.41) is 12.8. The molecule has 1 aromatic rings. The van der Waals surface area contributed by atoms with Gasteiger partial charge in [-0.25, -0.2) is 0 Å². The van der Waals surface area contributed by atoms with Crippen molar-refractivity contribution in [2.45, 2.75) is 31.1 Å². The standard InChI is InChI=1S/C11H14N2O4/c14-11(15)8-5-7(8)10-12-9(13-17-10)6-1-3-16-4-2-6/h6-8H,1-5H2,(H,14,15). The Morgan fingerprint density at radius 2 is 2.12 bits per heavy atom. The molecule has 2 heterocycles. The second kappa shape index (κ2) is 4.10. The van der Waals surface area contributed by atoms with Crippen LogP contribution in [0.3, 0.4) is 0 Å². The van der Waals surface area contributed by atoms with E-state index >= 15 is 0 Å². The molecule has 6 heteroatoms. The molecule has 0 aromatic carbocycles. The zero-order chi connectivity index (χ0) is 11.8. The zero-order valence-corrected chi connectivity index (χ0v) is 9.33. The number of rotatable bonds is 3. The highest BCUT2D eigenvalue weighted by Crippen LogP contribution is 2.47. The van der Waals surface area contributed by atoms with E-state index in [0.29, 0.717) is 24.1 Å². The molecule has 0 bridgehead atoms. The van der Waals surface area contributed by atoms with Crippen LogP contribution >= 0.6 is 0 Å². The van der Waals surface area contributed by atoms with E-state index in [1.165, 1.54) is 0 Å². The molecule has 17 heavy (non-hydrogen) atoms. The van der Waals surface area contributed by atoms with Crippen LogP contribution in [-0.2, 0) is 9.53 Å². The van der Waals surface area contributed by atoms with Gasteiger partial charge in [-0.15, -0.1) is 0 Å². The van der Waals surface area contributed by atoms with Crippen LogP contribution in [0.4, 0.5) is 0 Å². The van der Waals surface area contributed by atoms with Crippen LogP contribution in [0, 0.1) is 5.92 Å². The van der Waals surface area contributed by atoms with E-state index in [9.17, 15) is 4.79 Å². The molecule has 2 aliphatic rings. The molecule has 1 aromatic heterocycles. The monoisotopic (exact) mass is 238 g/mol. The van der Waals surface area contributed by atoms with E-state index in [2.05, 4.69) is 10.1 Å². The highest BCUT2D eigenvalue weighted by atomic mass is 16.5. The SMILES string of the molecule is O=C(O)C1CC1c1nc(C2CCOCC2)no1. The van der Waals surface area contributed by atoms with Crippen molar-refractivity contribution < 1.29 is 19.2 Å². The molecule has 0 radical (unpaired) electrons. The van der Waals surface area contributed by atoms with E-state index in [-0.39, 0.29) is 11.8 Å². The first-order valence-corrected chi connectivity index (χ1v) is 5.89. The molecular weight excluding hydrogens is 224 g/mol. The number of aromatic nitrogens is 2. The predicted octanol–water partition coefficient (Wildman–Crippen LogP) is 1.15. The summed E-state index contributed by atoms with van der Waals surface area (Å²) in [6, 6.07) is 0. The molecular formula is C11H14N2O4. The van der Waals surface area contributed by atoms with E-state index in [1.54, 1.807) is 0 Å². The lowest BCUT2D eigenvalue weighted by molar-refractivity contribution is -0.138. The van der Waals surface area contributed by atoms with Gasteiger partial charge in [0.15, 0.2) is 5.82 Å². The minimum atomic E-state index is -0.777. The summed E-state index contributed by atoms with van der Waals surface area (Å²) in [7, 11) is 0. The highest BCUT2D eigenvalue weighted by molar-refractivity contribution is 5.74. The van der Waals surface area contributed by atoms with Gasteiger partial charge in [0.05, 0.1) is 11.8 Å². The average Bonchev–Trinajstić information content (AvgIpc) is 3.01. The highest BCUT2D eigenvalue weighted by Gasteiger charge is 2.48. The fourth-order valence-electron chi connectivity index (χ4n) is 2.26. The molecule has 1 saturated heterocycles. The molecule has 1 aliphatic heterocycles. The Morgan fingerprint density at radius 3 is 2.76 bits per heavy atom. The van der Waals surface area contributed by atoms with Crippen LogP contribution in [0.25, 0.3) is 0 Å². The van der Waals surface area contributed by atoms with Gasteiger partial charge in [-0.2, -0.15) is 4.98 Å². The van der Waals surface area contributed by atoms with Gasteiger partial charge in [0.25, 0.3) is 0 Å². The number of carboxylic acid groups (broad SMARTS) is 1. The predicted molar refractivity (Wildman–Crippen MR) is 55.6 cm³/mol. The van der Waals surface area contributed by atoms with Crippen molar-refractivity contribution in [1.82, 2.24) is 10.1 Å². The van der Waals surface area contributed by atoms with Gasteiger partial charge in [-0.1, -0.05) is 5.16 Å². The average molecular weight is 238 g/mol. The fourth-order valence-corrected chi connectivity index (χ4v) is 2.26. The molecule has 3 rings (SSSR count). The van der Waals surface area contributed by atoms with Gasteiger partial charge >= 0.3 is 5.97 Å². The van der Waals surface area contributed by atoms with Crippen molar-refractivity contribution in [2.75, 3.05) is 13.2 Å². The number of ether oxygens (including phenoxy) is 1. The van der Waals surface area contributed by atoms with Crippen LogP contribution < -0.4 is 0 Å². The number of carboxylic acids is 1. The largest absolute Gasteiger partial charge is 0.481 e. The third kappa shape index (κ3) is 2.04. The normalized spacial score (nSPS) is 29.2. The van der Waals surface area contributed by atoms with Crippen LogP contribution in [0.1, 0.15) is 42.8 Å². The maximum atomic E-state index is 10.7. The van der Waals surface area contributed by atoms with Crippen molar-refractivity contribution in [3.05, 3.63) is 11.7 Å². The second-order valence-electron chi connectivity index (χ2n) is 4.66. The summed E-state index contributed by atoms with van der Waals surface area (Å²) in [6.45, 7) is 1.46. The van der Waals surface area contributed by atoms with Crippen LogP contribution in [0.15, 0.2) is 4.52 Å². The summed E-state index contributed by atoms with van der Waals surface area (Å²) in [4.78, 5) is 15.1. The lowest BCUT2D eigenvalue weighted by Gasteiger charge is -2.18. The fraction of sp³-hybridized carbons (Fsp3) is 0.727. The van der Waals surface area contributed by atoms with E-state index in [4.69, 9.17) is 14.4 Å². The maximum Gasteiger partial charge on any atom is 0.307 e. The Morgan fingerprint density at radius 1 is 1.35 bits per heavy atom. The van der Waals surface area contributed by atoms with Gasteiger partial charge in [0, 0.05) is 19.1 Å². The summed E-state index contributed by atoms with van der Waals surface area (Å²) >= 11 is 0. The number of nitrogens with zero attached hydrogens (tertiary/aromatic N) is 2. The third-order valence-electron chi connectivity index (χ3n) is 3.47. The lowest BCUT2D eigenvalue weighted by Crippen LogP contribution is -2.15. The molecule has 0 amide bonds. The van der Waals surface area contributed by atoms with Gasteiger partial charge < -0.3 is 14.4 Å². The van der Waals surface area contributed by atoms with Crippen molar-refractivity contribution in [3.8, 4) is 0 Å². The number of aliphatic carboxylic acids is 1. The Labute approximate surface area is 98.0 Å². The molecule has 2 atom stereocenters. The number of hydrogen-bond acceptors (Lipinski definition) is 5. The first kappa shape index (κ1) is 10.7. The van der Waals surface area contributed by atoms with Crippen molar-refractivity contribution >= 4 is 5.97 Å². The van der Waals surface area contributed by atoms with Gasteiger partial charge in [0.2, 0.25) is 5.89 Å². The van der Waals surface area contributed by atoms with Crippen LogP contribution in [0.2, 0.25) is 0 Å². The van der Waals surface area contributed by atoms with Gasteiger partial charge in [-0.3, -0.25) is 4.79 Å². The van der Waals surface area contributed by atoms with E-state index < -0.39 is 5.97 Å². The molecule has 6 nitrogen and oxygen atoms in total. The zero-order valence-electron chi connectivity index (χ0n) is 9.33. The Kier molecular flexibility index (Phi) is 2.58. The smallest absolute Gasteiger partial charge is 0.307 e. The summed E-state index contributed by atoms with van der Waals surface area (Å²) in [6.07, 6.45) is 2.43. The first-order valence-electron chi connectivity index (χ1n) is 5.89. The summed E-state index contributed by atoms with van der Waals surface area (Å²) in [5.74, 6) is 0.300. The van der Waals surface area contributed by atoms with Gasteiger partial charge in [-0.05, 0) is 19.3 Å². The van der Waals surface area contributed by atoms with Crippen LogP contribution in [-0.4, -0.2) is 34.4 Å². The summed E-state index contributed by atoms with van der Waals surface area (Å²) < 4.78 is 10.4. The Balaban J connectivity index is 1.68. The van der Waals surface area contributed by atoms with Crippen molar-refractivity contribution in [2.24, 2.45) is 5.92 Å². The number of carbonyl (C=O) groups is 1. The molecule has 0 spiro atoms. The molecule has 1 aliphatic carbocycles. The van der Waals surface area contributed by atoms with Crippen LogP contribution in [0.5, 0.6) is 0 Å². The molecule has 92 valence electrons. The third-order valence-corrected chi connectivity index (χ3v) is 3.47. The minimum absolute atomic E-state index is 0.0754.